The summed E-state index contributed by atoms with van der Waals surface area (Å²) in [5.74, 6) is -8.79. The molecule has 4 unspecified atom stereocenters. The Bertz CT molecular complexity index is 1350. The summed E-state index contributed by atoms with van der Waals surface area (Å²) in [6.45, 7) is 0.135. The highest BCUT2D eigenvalue weighted by Gasteiger charge is 2.28. The number of amides is 7. The zero-order valence-electron chi connectivity index (χ0n) is 29.5. The Morgan fingerprint density at radius 1 is 0.585 bits per heavy atom. The van der Waals surface area contributed by atoms with Gasteiger partial charge in [0, 0.05) is 39.9 Å². The molecular weight excluding hydrogens is 706 g/mol. The van der Waals surface area contributed by atoms with Crippen LogP contribution in [0.1, 0.15) is 58.3 Å². The van der Waals surface area contributed by atoms with Gasteiger partial charge in [0.2, 0.25) is 41.4 Å². The van der Waals surface area contributed by atoms with Crippen molar-refractivity contribution in [2.45, 2.75) is 82.5 Å². The van der Waals surface area contributed by atoms with E-state index in [1.807, 2.05) is 0 Å². The Labute approximate surface area is 304 Å². The molecule has 0 aliphatic carbocycles. The molecule has 0 aromatic carbocycles. The number of nitrogens with one attached hydrogen (secondary N) is 11. The van der Waals surface area contributed by atoms with Crippen molar-refractivity contribution in [2.24, 2.45) is 11.5 Å². The third-order valence-corrected chi connectivity index (χ3v) is 7.01. The fourth-order valence-electron chi connectivity index (χ4n) is 4.33. The first-order valence-electron chi connectivity index (χ1n) is 16.4. The zero-order chi connectivity index (χ0) is 40.5. The highest BCUT2D eigenvalue weighted by Crippen LogP contribution is 2.04. The van der Waals surface area contributed by atoms with Gasteiger partial charge in [-0.1, -0.05) is 0 Å². The van der Waals surface area contributed by atoms with Crippen molar-refractivity contribution in [2.75, 3.05) is 33.2 Å². The second kappa shape index (κ2) is 25.7. The number of carbonyl (C=O) groups excluding carboxylic acids is 7. The summed E-state index contributed by atoms with van der Waals surface area (Å²) < 4.78 is 0. The summed E-state index contributed by atoms with van der Waals surface area (Å²) in [5.41, 5.74) is 10.7. The molecule has 0 bridgehead atoms. The molecule has 24 heteroatoms. The normalized spacial score (nSPS) is 12.6. The molecule has 53 heavy (non-hydrogen) atoms. The summed E-state index contributed by atoms with van der Waals surface area (Å²) in [5, 5.41) is 54.5. The van der Waals surface area contributed by atoms with E-state index in [9.17, 15) is 43.2 Å². The van der Waals surface area contributed by atoms with E-state index in [2.05, 4.69) is 47.9 Å². The second-order valence-electron chi connectivity index (χ2n) is 11.4. The number of carbonyl (C=O) groups is 9. The first-order chi connectivity index (χ1) is 24.9. The number of primary amides is 1. The lowest BCUT2D eigenvalue weighted by Crippen LogP contribution is -2.55. The molecule has 4 atom stereocenters. The summed E-state index contributed by atoms with van der Waals surface area (Å²) >= 11 is 0. The first-order valence-corrected chi connectivity index (χ1v) is 16.4. The lowest BCUT2D eigenvalue weighted by atomic mass is 10.1. The fourth-order valence-corrected chi connectivity index (χ4v) is 4.33. The lowest BCUT2D eigenvalue weighted by Gasteiger charge is -2.23. The predicted octanol–water partition coefficient (Wildman–Crippen LogP) is -5.82. The average molecular weight is 758 g/mol. The molecule has 0 aliphatic heterocycles. The summed E-state index contributed by atoms with van der Waals surface area (Å²) in [6.07, 6.45) is -1.14. The van der Waals surface area contributed by atoms with Crippen molar-refractivity contribution < 1.29 is 53.4 Å². The number of rotatable bonds is 26. The summed E-state index contributed by atoms with van der Waals surface area (Å²) in [7, 11) is 1.54. The van der Waals surface area contributed by atoms with Crippen LogP contribution in [0.3, 0.4) is 0 Å². The average Bonchev–Trinajstić information content (AvgIpc) is 3.07. The van der Waals surface area contributed by atoms with Crippen molar-refractivity contribution in [3.05, 3.63) is 0 Å². The molecule has 17 N–H and O–H groups in total. The molecule has 0 aromatic heterocycles. The number of carboxylic acid groups (broad SMARTS) is 2. The van der Waals surface area contributed by atoms with Gasteiger partial charge in [0.05, 0.1) is 13.1 Å². The van der Waals surface area contributed by atoms with E-state index < -0.39 is 110 Å². The maximum absolute atomic E-state index is 13.1. The molecule has 0 spiro atoms. The van der Waals surface area contributed by atoms with Crippen molar-refractivity contribution >= 4 is 65.2 Å². The van der Waals surface area contributed by atoms with Crippen LogP contribution in [0, 0.1) is 10.8 Å². The maximum atomic E-state index is 13.1. The number of guanidine groups is 2. The Balaban J connectivity index is 5.39. The van der Waals surface area contributed by atoms with Gasteiger partial charge >= 0.3 is 11.9 Å². The smallest absolute Gasteiger partial charge is 0.303 e. The van der Waals surface area contributed by atoms with E-state index in [0.29, 0.717) is 13.0 Å². The topological polar surface area (TPSA) is 402 Å². The van der Waals surface area contributed by atoms with Gasteiger partial charge in [0.15, 0.2) is 11.9 Å². The molecule has 0 fully saturated rings. The van der Waals surface area contributed by atoms with Gasteiger partial charge in [0.25, 0.3) is 0 Å². The van der Waals surface area contributed by atoms with Crippen LogP contribution >= 0.6 is 0 Å². The third kappa shape index (κ3) is 23.0. The van der Waals surface area contributed by atoms with Gasteiger partial charge in [-0.3, -0.25) is 54.0 Å². The van der Waals surface area contributed by atoms with Crippen LogP contribution in [0.15, 0.2) is 0 Å². The van der Waals surface area contributed by atoms with Crippen LogP contribution in [0.5, 0.6) is 0 Å². The van der Waals surface area contributed by atoms with E-state index in [1.54, 1.807) is 7.05 Å². The van der Waals surface area contributed by atoms with Gasteiger partial charge in [-0.15, -0.1) is 0 Å². The largest absolute Gasteiger partial charge is 0.481 e. The van der Waals surface area contributed by atoms with Crippen LogP contribution in [0.4, 0.5) is 0 Å². The molecule has 298 valence electrons. The number of hydrogen-bond acceptors (Lipinski definition) is 11. The van der Waals surface area contributed by atoms with Crippen molar-refractivity contribution in [3.63, 3.8) is 0 Å². The van der Waals surface area contributed by atoms with Gasteiger partial charge in [0.1, 0.15) is 24.2 Å². The molecule has 0 radical (unpaired) electrons. The molecule has 0 aromatic rings. The molecule has 0 rings (SSSR count). The zero-order valence-corrected chi connectivity index (χ0v) is 29.5. The van der Waals surface area contributed by atoms with Crippen molar-refractivity contribution in [1.29, 1.82) is 10.8 Å². The molecule has 0 aliphatic rings. The van der Waals surface area contributed by atoms with Crippen molar-refractivity contribution in [1.82, 2.24) is 47.9 Å². The molecule has 24 nitrogen and oxygen atoms in total. The van der Waals surface area contributed by atoms with E-state index in [0.717, 1.165) is 6.92 Å². The Hall–Kier alpha value is -6.23. The van der Waals surface area contributed by atoms with Crippen molar-refractivity contribution in [3.8, 4) is 0 Å². The highest BCUT2D eigenvalue weighted by atomic mass is 16.4. The van der Waals surface area contributed by atoms with Crippen LogP contribution in [-0.2, 0) is 43.2 Å². The molecular formula is C29H51N13O11. The standard InChI is InChI=1S/C29H51N13O11/c1-15(43)39-19(8-10-23(48)49)27(53)42-18(7-9-22(46)47)25(51)38-13-20(44)37-14-21(45)40-17(6-4-11-35-28(31)32)26(52)41-16(24(30)50)5-3-12-36-29(33)34-2/h16-19H,3-14H2,1-2H3,(H2,30,50)(H,37,44)(H,38,51)(H,39,43)(H,40,45)(H,41,52)(H,42,53)(H,46,47)(H,48,49)(H4,31,32,35)(H3,33,34,36). The number of aliphatic carboxylic acids is 2. The highest BCUT2D eigenvalue weighted by molar-refractivity contribution is 5.95. The van der Waals surface area contributed by atoms with Crippen LogP contribution in [0.25, 0.3) is 0 Å². The van der Waals surface area contributed by atoms with Gasteiger partial charge in [-0.25, -0.2) is 0 Å². The Morgan fingerprint density at radius 3 is 1.55 bits per heavy atom. The fraction of sp³-hybridized carbons (Fsp3) is 0.621. The lowest BCUT2D eigenvalue weighted by molar-refractivity contribution is -0.139. The first kappa shape index (κ1) is 46.8. The molecule has 7 amide bonds. The van der Waals surface area contributed by atoms with E-state index in [-0.39, 0.29) is 44.1 Å². The van der Waals surface area contributed by atoms with E-state index in [4.69, 9.17) is 32.5 Å². The summed E-state index contributed by atoms with van der Waals surface area (Å²) in [4.78, 5) is 109. The third-order valence-electron chi connectivity index (χ3n) is 7.01. The summed E-state index contributed by atoms with van der Waals surface area (Å²) in [6, 6.07) is -5.20. The van der Waals surface area contributed by atoms with Gasteiger partial charge < -0.3 is 69.5 Å². The number of nitrogens with two attached hydrogens (primary N) is 2. The predicted molar refractivity (Wildman–Crippen MR) is 186 cm³/mol. The number of hydrogen-bond donors (Lipinski definition) is 15. The minimum absolute atomic E-state index is 0.0107. The second-order valence-corrected chi connectivity index (χ2v) is 11.4. The van der Waals surface area contributed by atoms with Crippen LogP contribution < -0.4 is 59.3 Å². The SMILES string of the molecule is CNC(=N)NCCCC(NC(=O)C(CCCNC(=N)N)NC(=O)CNC(=O)CNC(=O)C(CCC(=O)O)NC(=O)C(CCC(=O)O)NC(C)=O)C(N)=O. The maximum Gasteiger partial charge on any atom is 0.303 e. The number of carboxylic acids is 2. The monoisotopic (exact) mass is 757 g/mol. The Morgan fingerprint density at radius 2 is 1.06 bits per heavy atom. The van der Waals surface area contributed by atoms with Gasteiger partial charge in [-0.2, -0.15) is 0 Å². The molecule has 0 saturated carbocycles. The van der Waals surface area contributed by atoms with Crippen LogP contribution in [-0.4, -0.2) is 133 Å². The van der Waals surface area contributed by atoms with Gasteiger partial charge in [-0.05, 0) is 38.5 Å². The van der Waals surface area contributed by atoms with Crippen LogP contribution in [0.2, 0.25) is 0 Å². The minimum atomic E-state index is -1.50. The molecule has 0 heterocycles. The Kier molecular flexibility index (Phi) is 22.7. The quantitative estimate of drug-likeness (QED) is 0.0222. The van der Waals surface area contributed by atoms with E-state index in [1.165, 1.54) is 0 Å². The van der Waals surface area contributed by atoms with E-state index >= 15 is 0 Å². The molecule has 0 saturated heterocycles. The minimum Gasteiger partial charge on any atom is -0.481 e.